The van der Waals surface area contributed by atoms with Crippen LogP contribution >= 0.6 is 0 Å². The number of aryl methyl sites for hydroxylation is 1. The van der Waals surface area contributed by atoms with Crippen LogP contribution in [0.15, 0.2) is 17.1 Å². The van der Waals surface area contributed by atoms with Crippen molar-refractivity contribution in [2.75, 3.05) is 13.1 Å². The fourth-order valence-electron chi connectivity index (χ4n) is 2.57. The number of likely N-dealkylation sites (tertiary alicyclic amines) is 1. The zero-order valence-electron chi connectivity index (χ0n) is 11.4. The maximum atomic E-state index is 12.3. The van der Waals surface area contributed by atoms with Crippen LogP contribution in [-0.4, -0.2) is 40.0 Å². The Hall–Kier alpha value is -2.11. The van der Waals surface area contributed by atoms with E-state index in [0.717, 1.165) is 12.8 Å². The Balaban J connectivity index is 2.12. The van der Waals surface area contributed by atoms with Crippen molar-refractivity contribution >= 4 is 11.9 Å². The van der Waals surface area contributed by atoms with Crippen LogP contribution in [0.5, 0.6) is 0 Å². The van der Waals surface area contributed by atoms with Crippen molar-refractivity contribution in [1.29, 1.82) is 0 Å². The number of aromatic amines is 1. The number of carboxylic acids is 1. The van der Waals surface area contributed by atoms with Crippen molar-refractivity contribution in [3.8, 4) is 0 Å². The van der Waals surface area contributed by atoms with E-state index in [1.165, 1.54) is 12.3 Å². The van der Waals surface area contributed by atoms with Crippen LogP contribution < -0.4 is 5.43 Å². The second-order valence-electron chi connectivity index (χ2n) is 5.25. The number of rotatable bonds is 3. The lowest BCUT2D eigenvalue weighted by atomic mass is 9.94. The minimum atomic E-state index is -0.850. The fraction of sp³-hybridized carbons (Fsp3) is 0.500. The number of pyridine rings is 1. The average Bonchev–Trinajstić information content (AvgIpc) is 2.37. The maximum Gasteiger partial charge on any atom is 0.303 e. The van der Waals surface area contributed by atoms with Crippen molar-refractivity contribution in [1.82, 2.24) is 9.88 Å². The highest BCUT2D eigenvalue weighted by Gasteiger charge is 2.27. The Morgan fingerprint density at radius 1 is 1.50 bits per heavy atom. The molecule has 1 atom stereocenters. The largest absolute Gasteiger partial charge is 0.481 e. The first-order valence-electron chi connectivity index (χ1n) is 6.68. The zero-order valence-corrected chi connectivity index (χ0v) is 11.4. The highest BCUT2D eigenvalue weighted by molar-refractivity contribution is 5.93. The lowest BCUT2D eigenvalue weighted by Gasteiger charge is -2.32. The topological polar surface area (TPSA) is 90.5 Å². The van der Waals surface area contributed by atoms with E-state index in [1.54, 1.807) is 11.8 Å². The Kier molecular flexibility index (Phi) is 4.22. The van der Waals surface area contributed by atoms with Crippen molar-refractivity contribution in [3.05, 3.63) is 33.7 Å². The van der Waals surface area contributed by atoms with Crippen molar-refractivity contribution < 1.29 is 14.7 Å². The van der Waals surface area contributed by atoms with E-state index in [1.807, 2.05) is 0 Å². The predicted molar refractivity (Wildman–Crippen MR) is 72.7 cm³/mol. The molecule has 0 aliphatic carbocycles. The number of aliphatic carboxylic acids is 1. The van der Waals surface area contributed by atoms with Gasteiger partial charge in [-0.2, -0.15) is 0 Å². The molecule has 1 unspecified atom stereocenters. The second-order valence-corrected chi connectivity index (χ2v) is 5.25. The molecule has 1 saturated heterocycles. The van der Waals surface area contributed by atoms with Crippen LogP contribution in [0.1, 0.15) is 35.3 Å². The highest BCUT2D eigenvalue weighted by Crippen LogP contribution is 2.20. The summed E-state index contributed by atoms with van der Waals surface area (Å²) in [5.74, 6) is -1.20. The molecule has 0 spiro atoms. The first-order valence-corrected chi connectivity index (χ1v) is 6.68. The summed E-state index contributed by atoms with van der Waals surface area (Å²) in [6.45, 7) is 2.72. The lowest BCUT2D eigenvalue weighted by Crippen LogP contribution is -2.42. The number of hydrogen-bond acceptors (Lipinski definition) is 3. The number of aromatic nitrogens is 1. The number of amides is 1. The molecule has 2 heterocycles. The smallest absolute Gasteiger partial charge is 0.303 e. The van der Waals surface area contributed by atoms with Crippen LogP contribution in [-0.2, 0) is 4.79 Å². The molecule has 0 saturated carbocycles. The number of nitrogens with zero attached hydrogens (tertiary/aromatic N) is 1. The molecular weight excluding hydrogens is 260 g/mol. The maximum absolute atomic E-state index is 12.3. The van der Waals surface area contributed by atoms with Crippen molar-refractivity contribution in [2.24, 2.45) is 5.92 Å². The molecule has 1 aliphatic rings. The van der Waals surface area contributed by atoms with Gasteiger partial charge in [0.15, 0.2) is 5.43 Å². The first kappa shape index (κ1) is 14.3. The summed E-state index contributed by atoms with van der Waals surface area (Å²) < 4.78 is 0. The van der Waals surface area contributed by atoms with Gasteiger partial charge in [-0.05, 0) is 25.7 Å². The molecule has 0 radical (unpaired) electrons. The summed E-state index contributed by atoms with van der Waals surface area (Å²) in [5, 5.41) is 8.82. The number of carbonyl (C=O) groups is 2. The Labute approximate surface area is 116 Å². The quantitative estimate of drug-likeness (QED) is 0.863. The summed E-state index contributed by atoms with van der Waals surface area (Å²) in [6.07, 6.45) is 3.07. The number of piperidine rings is 1. The third kappa shape index (κ3) is 3.26. The van der Waals surface area contributed by atoms with Gasteiger partial charge in [0.2, 0.25) is 0 Å². The zero-order chi connectivity index (χ0) is 14.7. The predicted octanol–water partition coefficient (Wildman–Crippen LogP) is 1.01. The second kappa shape index (κ2) is 5.90. The molecule has 1 fully saturated rings. The molecule has 6 nitrogen and oxygen atoms in total. The first-order chi connectivity index (χ1) is 9.47. The van der Waals surface area contributed by atoms with Crippen molar-refractivity contribution in [2.45, 2.75) is 26.2 Å². The lowest BCUT2D eigenvalue weighted by molar-refractivity contribution is -0.138. The van der Waals surface area contributed by atoms with E-state index < -0.39 is 5.97 Å². The van der Waals surface area contributed by atoms with E-state index in [-0.39, 0.29) is 29.2 Å². The van der Waals surface area contributed by atoms with Gasteiger partial charge in [0, 0.05) is 37.5 Å². The molecule has 2 N–H and O–H groups in total. The monoisotopic (exact) mass is 278 g/mol. The van der Waals surface area contributed by atoms with Crippen LogP contribution in [0.4, 0.5) is 0 Å². The SMILES string of the molecule is Cc1cc(=O)c(C(=O)N2CCCC(CC(=O)O)C2)c[nH]1. The fourth-order valence-corrected chi connectivity index (χ4v) is 2.57. The molecule has 1 aliphatic heterocycles. The van der Waals surface area contributed by atoms with Crippen LogP contribution in [0.2, 0.25) is 0 Å². The number of hydrogen-bond donors (Lipinski definition) is 2. The highest BCUT2D eigenvalue weighted by atomic mass is 16.4. The molecular formula is C14H18N2O4. The van der Waals surface area contributed by atoms with Gasteiger partial charge in [-0.25, -0.2) is 0 Å². The normalized spacial score (nSPS) is 18.9. The Bertz CT molecular complexity index is 579. The molecule has 1 aromatic rings. The summed E-state index contributed by atoms with van der Waals surface area (Å²) in [4.78, 5) is 39.3. The number of nitrogens with one attached hydrogen (secondary N) is 1. The van der Waals surface area contributed by atoms with Gasteiger partial charge >= 0.3 is 5.97 Å². The standard InChI is InChI=1S/C14H18N2O4/c1-9-5-12(17)11(7-15-9)14(20)16-4-2-3-10(8-16)6-13(18)19/h5,7,10H,2-4,6,8H2,1H3,(H,15,17)(H,18,19). The van der Waals surface area contributed by atoms with Gasteiger partial charge in [0.1, 0.15) is 5.56 Å². The van der Waals surface area contributed by atoms with Gasteiger partial charge in [-0.15, -0.1) is 0 Å². The van der Waals surface area contributed by atoms with E-state index >= 15 is 0 Å². The van der Waals surface area contributed by atoms with Gasteiger partial charge in [-0.1, -0.05) is 0 Å². The van der Waals surface area contributed by atoms with Crippen molar-refractivity contribution in [3.63, 3.8) is 0 Å². The molecule has 20 heavy (non-hydrogen) atoms. The summed E-state index contributed by atoms with van der Waals surface area (Å²) in [7, 11) is 0. The molecule has 1 amide bonds. The Morgan fingerprint density at radius 3 is 2.90 bits per heavy atom. The number of H-pyrrole nitrogens is 1. The minimum absolute atomic E-state index is 0.0327. The Morgan fingerprint density at radius 2 is 2.25 bits per heavy atom. The van der Waals surface area contributed by atoms with E-state index in [0.29, 0.717) is 18.8 Å². The molecule has 6 heteroatoms. The average molecular weight is 278 g/mol. The van der Waals surface area contributed by atoms with E-state index in [9.17, 15) is 14.4 Å². The van der Waals surface area contributed by atoms with Gasteiger partial charge in [0.05, 0.1) is 0 Å². The van der Waals surface area contributed by atoms with Crippen LogP contribution in [0.3, 0.4) is 0 Å². The third-order valence-electron chi connectivity index (χ3n) is 3.56. The van der Waals surface area contributed by atoms with Gasteiger partial charge in [-0.3, -0.25) is 14.4 Å². The van der Waals surface area contributed by atoms with Gasteiger partial charge < -0.3 is 15.0 Å². The third-order valence-corrected chi connectivity index (χ3v) is 3.56. The summed E-state index contributed by atoms with van der Waals surface area (Å²) in [5.41, 5.74) is 0.520. The number of carboxylic acid groups (broad SMARTS) is 1. The molecule has 0 bridgehead atoms. The summed E-state index contributed by atoms with van der Waals surface area (Å²) >= 11 is 0. The van der Waals surface area contributed by atoms with E-state index in [2.05, 4.69) is 4.98 Å². The van der Waals surface area contributed by atoms with Crippen LogP contribution in [0, 0.1) is 12.8 Å². The number of carbonyl (C=O) groups excluding carboxylic acids is 1. The van der Waals surface area contributed by atoms with Crippen LogP contribution in [0.25, 0.3) is 0 Å². The molecule has 0 aromatic carbocycles. The molecule has 108 valence electrons. The molecule has 2 rings (SSSR count). The summed E-state index contributed by atoms with van der Waals surface area (Å²) in [6, 6.07) is 1.39. The molecule has 1 aromatic heterocycles. The van der Waals surface area contributed by atoms with E-state index in [4.69, 9.17) is 5.11 Å². The minimum Gasteiger partial charge on any atom is -0.481 e. The van der Waals surface area contributed by atoms with Gasteiger partial charge in [0.25, 0.3) is 5.91 Å².